The van der Waals surface area contributed by atoms with Crippen molar-refractivity contribution in [2.24, 2.45) is 0 Å². The van der Waals surface area contributed by atoms with Crippen molar-refractivity contribution in [3.8, 4) is 5.75 Å². The number of halogens is 1. The Morgan fingerprint density at radius 1 is 1.12 bits per heavy atom. The maximum atomic E-state index is 13.1. The highest BCUT2D eigenvalue weighted by Gasteiger charge is 2.36. The fourth-order valence-corrected chi connectivity index (χ4v) is 4.74. The van der Waals surface area contributed by atoms with Gasteiger partial charge in [0.2, 0.25) is 10.0 Å². The Labute approximate surface area is 141 Å². The topological polar surface area (TPSA) is 46.6 Å². The van der Waals surface area contributed by atoms with Gasteiger partial charge in [-0.25, -0.2) is 12.8 Å². The van der Waals surface area contributed by atoms with Crippen molar-refractivity contribution in [2.75, 3.05) is 13.2 Å². The summed E-state index contributed by atoms with van der Waals surface area (Å²) in [4.78, 5) is 0.250. The van der Waals surface area contributed by atoms with E-state index in [-0.39, 0.29) is 16.8 Å². The summed E-state index contributed by atoms with van der Waals surface area (Å²) in [6.07, 6.45) is 1.53. The molecule has 128 valence electrons. The standard InChI is InChI=1S/C18H20FNO3S/c1-2-23-16-9-11-17(12-10-16)24(21,22)20-13-3-4-18(20)14-5-7-15(19)8-6-14/h5-12,18H,2-4,13H2,1H3/t18-/m1/s1. The molecule has 1 saturated heterocycles. The SMILES string of the molecule is CCOc1ccc(S(=O)(=O)N2CCC[C@@H]2c2ccc(F)cc2)cc1. The van der Waals surface area contributed by atoms with E-state index in [0.717, 1.165) is 18.4 Å². The lowest BCUT2D eigenvalue weighted by Gasteiger charge is -2.24. The lowest BCUT2D eigenvalue weighted by molar-refractivity contribution is 0.340. The van der Waals surface area contributed by atoms with Gasteiger partial charge in [0.25, 0.3) is 0 Å². The van der Waals surface area contributed by atoms with Gasteiger partial charge >= 0.3 is 0 Å². The second kappa shape index (κ2) is 6.91. The van der Waals surface area contributed by atoms with Crippen molar-refractivity contribution >= 4 is 10.0 Å². The molecule has 24 heavy (non-hydrogen) atoms. The minimum atomic E-state index is -3.59. The summed E-state index contributed by atoms with van der Waals surface area (Å²) in [6.45, 7) is 2.88. The van der Waals surface area contributed by atoms with Crippen LogP contribution in [0.1, 0.15) is 31.4 Å². The van der Waals surface area contributed by atoms with Crippen LogP contribution in [-0.2, 0) is 10.0 Å². The predicted octanol–water partition coefficient (Wildman–Crippen LogP) is 3.75. The second-order valence-corrected chi connectivity index (χ2v) is 7.62. The number of hydrogen-bond donors (Lipinski definition) is 0. The Kier molecular flexibility index (Phi) is 4.87. The summed E-state index contributed by atoms with van der Waals surface area (Å²) < 4.78 is 45.9. The third-order valence-electron chi connectivity index (χ3n) is 4.20. The maximum absolute atomic E-state index is 13.1. The van der Waals surface area contributed by atoms with Crippen LogP contribution in [0.15, 0.2) is 53.4 Å². The zero-order valence-corrected chi connectivity index (χ0v) is 14.3. The molecule has 1 heterocycles. The third kappa shape index (κ3) is 3.30. The van der Waals surface area contributed by atoms with Gasteiger partial charge in [-0.15, -0.1) is 0 Å². The molecule has 0 radical (unpaired) electrons. The van der Waals surface area contributed by atoms with Crippen molar-refractivity contribution in [1.29, 1.82) is 0 Å². The fraction of sp³-hybridized carbons (Fsp3) is 0.333. The Hall–Kier alpha value is -1.92. The molecule has 1 fully saturated rings. The molecule has 0 spiro atoms. The summed E-state index contributed by atoms with van der Waals surface area (Å²) in [7, 11) is -3.59. The van der Waals surface area contributed by atoms with Gasteiger partial charge in [-0.3, -0.25) is 0 Å². The Morgan fingerprint density at radius 2 is 1.79 bits per heavy atom. The molecule has 1 aliphatic heterocycles. The minimum Gasteiger partial charge on any atom is -0.494 e. The van der Waals surface area contributed by atoms with Crippen LogP contribution in [0, 0.1) is 5.82 Å². The molecule has 0 saturated carbocycles. The van der Waals surface area contributed by atoms with Crippen molar-refractivity contribution < 1.29 is 17.5 Å². The van der Waals surface area contributed by atoms with Crippen LogP contribution in [0.3, 0.4) is 0 Å². The summed E-state index contributed by atoms with van der Waals surface area (Å²) in [5.41, 5.74) is 0.823. The lowest BCUT2D eigenvalue weighted by Crippen LogP contribution is -2.30. The highest BCUT2D eigenvalue weighted by Crippen LogP contribution is 2.36. The zero-order valence-electron chi connectivity index (χ0n) is 13.5. The molecule has 0 amide bonds. The van der Waals surface area contributed by atoms with Gasteiger partial charge < -0.3 is 4.74 Å². The third-order valence-corrected chi connectivity index (χ3v) is 6.12. The minimum absolute atomic E-state index is 0.248. The first-order chi connectivity index (χ1) is 11.5. The van der Waals surface area contributed by atoms with E-state index in [4.69, 9.17) is 4.74 Å². The number of rotatable bonds is 5. The normalized spacial score (nSPS) is 18.7. The number of hydrogen-bond acceptors (Lipinski definition) is 3. The van der Waals surface area contributed by atoms with Gasteiger partial charge in [-0.05, 0) is 61.7 Å². The van der Waals surface area contributed by atoms with Crippen LogP contribution in [0.2, 0.25) is 0 Å². The number of benzene rings is 2. The van der Waals surface area contributed by atoms with Crippen molar-refractivity contribution in [3.63, 3.8) is 0 Å². The van der Waals surface area contributed by atoms with E-state index in [1.54, 1.807) is 36.4 Å². The molecule has 0 aromatic heterocycles. The highest BCUT2D eigenvalue weighted by atomic mass is 32.2. The van der Waals surface area contributed by atoms with Crippen LogP contribution in [0.25, 0.3) is 0 Å². The average molecular weight is 349 g/mol. The number of nitrogens with zero attached hydrogens (tertiary/aromatic N) is 1. The van der Waals surface area contributed by atoms with Crippen molar-refractivity contribution in [3.05, 3.63) is 59.9 Å². The van der Waals surface area contributed by atoms with E-state index in [9.17, 15) is 12.8 Å². The summed E-state index contributed by atoms with van der Waals surface area (Å²) >= 11 is 0. The van der Waals surface area contributed by atoms with Crippen LogP contribution in [0.4, 0.5) is 4.39 Å². The van der Waals surface area contributed by atoms with E-state index in [1.807, 2.05) is 6.92 Å². The first-order valence-electron chi connectivity index (χ1n) is 8.02. The summed E-state index contributed by atoms with van der Waals surface area (Å²) in [6, 6.07) is 12.3. The molecular formula is C18H20FNO3S. The monoisotopic (exact) mass is 349 g/mol. The molecule has 0 aliphatic carbocycles. The van der Waals surface area contributed by atoms with Gasteiger partial charge in [0.1, 0.15) is 11.6 Å². The lowest BCUT2D eigenvalue weighted by atomic mass is 10.1. The highest BCUT2D eigenvalue weighted by molar-refractivity contribution is 7.89. The molecule has 4 nitrogen and oxygen atoms in total. The van der Waals surface area contributed by atoms with E-state index in [1.165, 1.54) is 16.4 Å². The molecular weight excluding hydrogens is 329 g/mol. The molecule has 6 heteroatoms. The van der Waals surface area contributed by atoms with Gasteiger partial charge in [0, 0.05) is 6.54 Å². The molecule has 1 aliphatic rings. The van der Waals surface area contributed by atoms with E-state index < -0.39 is 10.0 Å². The number of ether oxygens (including phenoxy) is 1. The smallest absolute Gasteiger partial charge is 0.243 e. The Balaban J connectivity index is 1.88. The van der Waals surface area contributed by atoms with E-state index in [2.05, 4.69) is 0 Å². The van der Waals surface area contributed by atoms with Gasteiger partial charge in [0.15, 0.2) is 0 Å². The molecule has 0 N–H and O–H groups in total. The molecule has 3 rings (SSSR count). The number of sulfonamides is 1. The van der Waals surface area contributed by atoms with Crippen molar-refractivity contribution in [1.82, 2.24) is 4.31 Å². The van der Waals surface area contributed by atoms with Crippen LogP contribution >= 0.6 is 0 Å². The predicted molar refractivity (Wildman–Crippen MR) is 89.9 cm³/mol. The second-order valence-electron chi connectivity index (χ2n) is 5.73. The van der Waals surface area contributed by atoms with E-state index >= 15 is 0 Å². The molecule has 0 unspecified atom stereocenters. The Bertz CT molecular complexity index is 788. The molecule has 1 atom stereocenters. The molecule has 2 aromatic rings. The van der Waals surface area contributed by atoms with Crippen LogP contribution in [-0.4, -0.2) is 25.9 Å². The quantitative estimate of drug-likeness (QED) is 0.826. The van der Waals surface area contributed by atoms with Crippen molar-refractivity contribution in [2.45, 2.75) is 30.7 Å². The zero-order chi connectivity index (χ0) is 17.2. The first-order valence-corrected chi connectivity index (χ1v) is 9.46. The summed E-state index contributed by atoms with van der Waals surface area (Å²) in [5, 5.41) is 0. The largest absolute Gasteiger partial charge is 0.494 e. The van der Waals surface area contributed by atoms with Gasteiger partial charge in [-0.1, -0.05) is 12.1 Å². The first kappa shape index (κ1) is 16.9. The average Bonchev–Trinajstić information content (AvgIpc) is 3.07. The van der Waals surface area contributed by atoms with Crippen LogP contribution in [0.5, 0.6) is 5.75 Å². The Morgan fingerprint density at radius 3 is 2.42 bits per heavy atom. The van der Waals surface area contributed by atoms with Gasteiger partial charge in [-0.2, -0.15) is 4.31 Å². The maximum Gasteiger partial charge on any atom is 0.243 e. The fourth-order valence-electron chi connectivity index (χ4n) is 3.06. The van der Waals surface area contributed by atoms with Crippen LogP contribution < -0.4 is 4.74 Å². The molecule has 2 aromatic carbocycles. The summed E-state index contributed by atoms with van der Waals surface area (Å²) in [5.74, 6) is 0.325. The molecule has 0 bridgehead atoms. The van der Waals surface area contributed by atoms with E-state index in [0.29, 0.717) is 18.9 Å². The van der Waals surface area contributed by atoms with Gasteiger partial charge in [0.05, 0.1) is 17.5 Å².